The molecule has 0 atom stereocenters. The van der Waals surface area contributed by atoms with Crippen molar-refractivity contribution in [1.29, 1.82) is 0 Å². The minimum absolute atomic E-state index is 0.691. The maximum Gasteiger partial charge on any atom is 0.0566 e. The highest BCUT2D eigenvalue weighted by Crippen LogP contribution is 2.17. The van der Waals surface area contributed by atoms with Crippen LogP contribution in [0, 0.1) is 13.8 Å². The van der Waals surface area contributed by atoms with Gasteiger partial charge in [-0.1, -0.05) is 18.2 Å². The second-order valence-electron chi connectivity index (χ2n) is 3.50. The zero-order valence-electron chi connectivity index (χ0n) is 8.91. The van der Waals surface area contributed by atoms with Crippen molar-refractivity contribution in [1.82, 2.24) is 5.01 Å². The Morgan fingerprint density at radius 3 is 2.57 bits per heavy atom. The number of hydrogen-bond donors (Lipinski definition) is 2. The van der Waals surface area contributed by atoms with Crippen molar-refractivity contribution in [3.05, 3.63) is 41.1 Å². The van der Waals surface area contributed by atoms with Gasteiger partial charge in [-0.15, -0.1) is 0 Å². The first-order valence-corrected chi connectivity index (χ1v) is 4.53. The number of nitrogens with zero attached hydrogens (tertiary/aromatic N) is 1. The van der Waals surface area contributed by atoms with E-state index in [1.54, 1.807) is 13.2 Å². The van der Waals surface area contributed by atoms with Crippen molar-refractivity contribution in [2.45, 2.75) is 13.8 Å². The Labute approximate surface area is 85.0 Å². The molecule has 0 fully saturated rings. The fourth-order valence-corrected chi connectivity index (χ4v) is 1.35. The molecular formula is C11H17N3. The molecule has 1 rings (SSSR count). The Hall–Kier alpha value is -1.48. The van der Waals surface area contributed by atoms with Crippen molar-refractivity contribution in [2.75, 3.05) is 7.05 Å². The van der Waals surface area contributed by atoms with Gasteiger partial charge in [0, 0.05) is 18.8 Å². The third-order valence-corrected chi connectivity index (χ3v) is 2.26. The number of aryl methyl sites for hydroxylation is 1. The van der Waals surface area contributed by atoms with Gasteiger partial charge in [-0.05, 0) is 25.0 Å². The summed E-state index contributed by atoms with van der Waals surface area (Å²) in [6, 6.07) is 6.06. The van der Waals surface area contributed by atoms with Crippen LogP contribution in [0.25, 0.3) is 5.70 Å². The summed E-state index contributed by atoms with van der Waals surface area (Å²) in [6.07, 6.45) is 1.71. The molecule has 0 aromatic heterocycles. The van der Waals surface area contributed by atoms with E-state index >= 15 is 0 Å². The van der Waals surface area contributed by atoms with Crippen LogP contribution in [0.4, 0.5) is 0 Å². The van der Waals surface area contributed by atoms with Crippen molar-refractivity contribution in [2.24, 2.45) is 11.6 Å². The number of hydrogen-bond acceptors (Lipinski definition) is 3. The zero-order valence-corrected chi connectivity index (χ0v) is 8.91. The number of rotatable bonds is 2. The predicted molar refractivity (Wildman–Crippen MR) is 60.0 cm³/mol. The van der Waals surface area contributed by atoms with Crippen molar-refractivity contribution < 1.29 is 0 Å². The van der Waals surface area contributed by atoms with Crippen LogP contribution in [0.3, 0.4) is 0 Å². The minimum Gasteiger partial charge on any atom is -0.397 e. The van der Waals surface area contributed by atoms with E-state index in [2.05, 4.69) is 19.9 Å². The molecule has 3 nitrogen and oxygen atoms in total. The van der Waals surface area contributed by atoms with Crippen molar-refractivity contribution >= 4 is 5.70 Å². The summed E-state index contributed by atoms with van der Waals surface area (Å²) in [5.74, 6) is 5.50. The number of nitrogens with two attached hydrogens (primary N) is 2. The smallest absolute Gasteiger partial charge is 0.0566 e. The Kier molecular flexibility index (Phi) is 3.14. The molecule has 3 heteroatoms. The summed E-state index contributed by atoms with van der Waals surface area (Å²) in [7, 11) is 1.75. The van der Waals surface area contributed by atoms with E-state index in [0.717, 1.165) is 5.56 Å². The van der Waals surface area contributed by atoms with E-state index < -0.39 is 0 Å². The van der Waals surface area contributed by atoms with Crippen LogP contribution >= 0.6 is 0 Å². The molecule has 0 unspecified atom stereocenters. The van der Waals surface area contributed by atoms with Gasteiger partial charge in [-0.2, -0.15) is 0 Å². The van der Waals surface area contributed by atoms with Gasteiger partial charge in [0.25, 0.3) is 0 Å². The van der Waals surface area contributed by atoms with Crippen LogP contribution in [-0.4, -0.2) is 12.1 Å². The monoisotopic (exact) mass is 191 g/mol. The van der Waals surface area contributed by atoms with E-state index in [1.807, 2.05) is 12.1 Å². The summed E-state index contributed by atoms with van der Waals surface area (Å²) >= 11 is 0. The van der Waals surface area contributed by atoms with Crippen LogP contribution < -0.4 is 11.6 Å². The van der Waals surface area contributed by atoms with Crippen molar-refractivity contribution in [3.8, 4) is 0 Å². The van der Waals surface area contributed by atoms with Gasteiger partial charge in [0.2, 0.25) is 0 Å². The van der Waals surface area contributed by atoms with E-state index in [9.17, 15) is 0 Å². The summed E-state index contributed by atoms with van der Waals surface area (Å²) in [5, 5.41) is 1.46. The predicted octanol–water partition coefficient (Wildman–Crippen LogP) is 1.37. The average Bonchev–Trinajstić information content (AvgIpc) is 2.08. The van der Waals surface area contributed by atoms with Crippen molar-refractivity contribution in [3.63, 3.8) is 0 Å². The second-order valence-corrected chi connectivity index (χ2v) is 3.50. The molecule has 0 amide bonds. The molecule has 4 N–H and O–H groups in total. The third-order valence-electron chi connectivity index (χ3n) is 2.26. The molecule has 0 aliphatic heterocycles. The maximum absolute atomic E-state index is 5.91. The van der Waals surface area contributed by atoms with Gasteiger partial charge in [-0.25, -0.2) is 5.84 Å². The highest BCUT2D eigenvalue weighted by Gasteiger charge is 2.02. The third kappa shape index (κ3) is 2.26. The van der Waals surface area contributed by atoms with Gasteiger partial charge in [-0.3, -0.25) is 0 Å². The Morgan fingerprint density at radius 2 is 2.00 bits per heavy atom. The fourth-order valence-electron chi connectivity index (χ4n) is 1.35. The molecular weight excluding hydrogens is 174 g/mol. The van der Waals surface area contributed by atoms with Gasteiger partial charge in [0.1, 0.15) is 0 Å². The lowest BCUT2D eigenvalue weighted by atomic mass is 10.0. The molecule has 0 radical (unpaired) electrons. The fraction of sp³-hybridized carbons (Fsp3) is 0.273. The molecule has 0 heterocycles. The van der Waals surface area contributed by atoms with E-state index in [0.29, 0.717) is 5.70 Å². The number of hydrazine groups is 1. The lowest BCUT2D eigenvalue weighted by molar-refractivity contribution is 0.486. The Morgan fingerprint density at radius 1 is 1.36 bits per heavy atom. The Balaban J connectivity index is 3.13. The topological polar surface area (TPSA) is 55.3 Å². The normalized spacial score (nSPS) is 11.6. The van der Waals surface area contributed by atoms with Crippen LogP contribution in [0.2, 0.25) is 0 Å². The van der Waals surface area contributed by atoms with E-state index in [4.69, 9.17) is 11.6 Å². The molecule has 0 aliphatic rings. The lowest BCUT2D eigenvalue weighted by Gasteiger charge is -2.11. The molecule has 0 saturated heterocycles. The second kappa shape index (κ2) is 4.15. The highest BCUT2D eigenvalue weighted by molar-refractivity contribution is 5.66. The first-order valence-electron chi connectivity index (χ1n) is 4.53. The zero-order chi connectivity index (χ0) is 10.7. The molecule has 0 bridgehead atoms. The summed E-state index contributed by atoms with van der Waals surface area (Å²) in [4.78, 5) is 0. The van der Waals surface area contributed by atoms with Gasteiger partial charge in [0.05, 0.1) is 5.70 Å². The lowest BCUT2D eigenvalue weighted by Crippen LogP contribution is -2.20. The largest absolute Gasteiger partial charge is 0.397 e. The van der Waals surface area contributed by atoms with Gasteiger partial charge >= 0.3 is 0 Å². The number of benzene rings is 1. The highest BCUT2D eigenvalue weighted by atomic mass is 15.4. The molecule has 1 aromatic rings. The molecule has 0 aliphatic carbocycles. The first kappa shape index (κ1) is 10.6. The van der Waals surface area contributed by atoms with Gasteiger partial charge < -0.3 is 10.7 Å². The standard InChI is InChI=1S/C11H17N3/c1-8-5-4-6-10(9(8)2)11(12)7-14(3)13/h4-7H,12-13H2,1-3H3/b11-7-. The minimum atomic E-state index is 0.691. The SMILES string of the molecule is Cc1cccc(/C(N)=C/N(C)N)c1C. The Bertz CT molecular complexity index is 354. The summed E-state index contributed by atoms with van der Waals surface area (Å²) in [5.41, 5.74) is 10.1. The van der Waals surface area contributed by atoms with E-state index in [1.165, 1.54) is 16.1 Å². The molecule has 14 heavy (non-hydrogen) atoms. The van der Waals surface area contributed by atoms with Crippen LogP contribution in [-0.2, 0) is 0 Å². The molecule has 76 valence electrons. The van der Waals surface area contributed by atoms with E-state index in [-0.39, 0.29) is 0 Å². The van der Waals surface area contributed by atoms with Crippen LogP contribution in [0.5, 0.6) is 0 Å². The van der Waals surface area contributed by atoms with Gasteiger partial charge in [0.15, 0.2) is 0 Å². The summed E-state index contributed by atoms with van der Waals surface area (Å²) < 4.78 is 0. The summed E-state index contributed by atoms with van der Waals surface area (Å²) in [6.45, 7) is 4.13. The molecule has 0 saturated carbocycles. The quantitative estimate of drug-likeness (QED) is 0.548. The van der Waals surface area contributed by atoms with Crippen LogP contribution in [0.15, 0.2) is 24.4 Å². The molecule has 0 spiro atoms. The first-order chi connectivity index (χ1) is 6.52. The maximum atomic E-state index is 5.91. The van der Waals surface area contributed by atoms with Crippen LogP contribution in [0.1, 0.15) is 16.7 Å². The average molecular weight is 191 g/mol. The molecule has 1 aromatic carbocycles.